The van der Waals surface area contributed by atoms with Crippen LogP contribution in [0, 0.1) is 5.92 Å². The molecule has 0 bridgehead atoms. The molecule has 0 saturated carbocycles. The molecule has 2 atom stereocenters. The van der Waals surface area contributed by atoms with E-state index in [9.17, 15) is 9.59 Å². The summed E-state index contributed by atoms with van der Waals surface area (Å²) in [6.07, 6.45) is 0.554. The van der Waals surface area contributed by atoms with Gasteiger partial charge in [0.2, 0.25) is 11.8 Å². The van der Waals surface area contributed by atoms with Crippen LogP contribution in [0.15, 0.2) is 0 Å². The van der Waals surface area contributed by atoms with Crippen LogP contribution >= 0.6 is 0 Å². The van der Waals surface area contributed by atoms with E-state index in [-0.39, 0.29) is 0 Å². The summed E-state index contributed by atoms with van der Waals surface area (Å²) in [5, 5.41) is 2.16. The number of amides is 2. The van der Waals surface area contributed by atoms with E-state index in [1.54, 1.807) is 0 Å². The molecule has 5 N–H and O–H groups in total. The van der Waals surface area contributed by atoms with Crippen molar-refractivity contribution in [2.75, 3.05) is 0 Å². The maximum atomic E-state index is 11.3. The molecule has 14 heavy (non-hydrogen) atoms. The Kier molecular flexibility index (Phi) is 5.34. The first-order valence-corrected chi connectivity index (χ1v) is 4.70. The van der Waals surface area contributed by atoms with Gasteiger partial charge in [-0.1, -0.05) is 13.8 Å². The molecule has 0 saturated heterocycles. The standard InChI is InChI=1S/C9H19N3O2/c1-5(2)4-7(11)9(14)12-8(13)6(3)10/h5-7H,4,10-11H2,1-3H3,(H,12,13,14). The zero-order valence-electron chi connectivity index (χ0n) is 8.91. The van der Waals surface area contributed by atoms with Crippen LogP contribution in [-0.2, 0) is 9.59 Å². The van der Waals surface area contributed by atoms with Crippen molar-refractivity contribution in [3.63, 3.8) is 0 Å². The molecule has 82 valence electrons. The van der Waals surface area contributed by atoms with Gasteiger partial charge in [-0.05, 0) is 19.3 Å². The largest absolute Gasteiger partial charge is 0.320 e. The summed E-state index contributed by atoms with van der Waals surface area (Å²) in [4.78, 5) is 22.3. The first kappa shape index (κ1) is 13.1. The van der Waals surface area contributed by atoms with Crippen LogP contribution in [0.25, 0.3) is 0 Å². The second kappa shape index (κ2) is 5.72. The highest BCUT2D eigenvalue weighted by Gasteiger charge is 2.18. The molecular formula is C9H19N3O2. The Morgan fingerprint density at radius 1 is 1.14 bits per heavy atom. The van der Waals surface area contributed by atoms with Crippen LogP contribution in [0.1, 0.15) is 27.2 Å². The third kappa shape index (κ3) is 4.94. The van der Waals surface area contributed by atoms with Crippen molar-refractivity contribution in [2.24, 2.45) is 17.4 Å². The number of nitrogens with one attached hydrogen (secondary N) is 1. The lowest BCUT2D eigenvalue weighted by atomic mass is 10.0. The second-order valence-electron chi connectivity index (χ2n) is 3.88. The molecule has 2 unspecified atom stereocenters. The lowest BCUT2D eigenvalue weighted by Gasteiger charge is -2.14. The molecule has 0 radical (unpaired) electrons. The van der Waals surface area contributed by atoms with E-state index in [4.69, 9.17) is 11.5 Å². The van der Waals surface area contributed by atoms with Crippen molar-refractivity contribution >= 4 is 11.8 Å². The monoisotopic (exact) mass is 201 g/mol. The Bertz CT molecular complexity index is 214. The number of hydrogen-bond donors (Lipinski definition) is 3. The molecule has 5 nitrogen and oxygen atoms in total. The van der Waals surface area contributed by atoms with Crippen LogP contribution < -0.4 is 16.8 Å². The molecule has 0 aliphatic heterocycles. The average molecular weight is 201 g/mol. The van der Waals surface area contributed by atoms with Crippen molar-refractivity contribution in [3.05, 3.63) is 0 Å². The van der Waals surface area contributed by atoms with Crippen LogP contribution in [0.3, 0.4) is 0 Å². The highest BCUT2D eigenvalue weighted by atomic mass is 16.2. The van der Waals surface area contributed by atoms with E-state index < -0.39 is 23.9 Å². The third-order valence-corrected chi connectivity index (χ3v) is 1.72. The summed E-state index contributed by atoms with van der Waals surface area (Å²) < 4.78 is 0. The highest BCUT2D eigenvalue weighted by Crippen LogP contribution is 2.02. The number of rotatable bonds is 4. The van der Waals surface area contributed by atoms with Crippen LogP contribution in [0.4, 0.5) is 0 Å². The second-order valence-corrected chi connectivity index (χ2v) is 3.88. The van der Waals surface area contributed by atoms with E-state index in [0.29, 0.717) is 12.3 Å². The Labute approximate surface area is 84.2 Å². The zero-order chi connectivity index (χ0) is 11.3. The van der Waals surface area contributed by atoms with Gasteiger partial charge < -0.3 is 11.5 Å². The molecule has 0 rings (SSSR count). The minimum absolute atomic E-state index is 0.321. The van der Waals surface area contributed by atoms with Gasteiger partial charge >= 0.3 is 0 Å². The smallest absolute Gasteiger partial charge is 0.243 e. The Balaban J connectivity index is 4.02. The molecule has 0 aliphatic rings. The van der Waals surface area contributed by atoms with Gasteiger partial charge in [0.05, 0.1) is 12.1 Å². The van der Waals surface area contributed by atoms with Gasteiger partial charge in [0, 0.05) is 0 Å². The summed E-state index contributed by atoms with van der Waals surface area (Å²) in [5.41, 5.74) is 10.8. The summed E-state index contributed by atoms with van der Waals surface area (Å²) in [7, 11) is 0. The maximum absolute atomic E-state index is 11.3. The van der Waals surface area contributed by atoms with E-state index in [0.717, 1.165) is 0 Å². The fraction of sp³-hybridized carbons (Fsp3) is 0.778. The minimum atomic E-state index is -0.690. The quantitative estimate of drug-likeness (QED) is 0.563. The fourth-order valence-electron chi connectivity index (χ4n) is 0.943. The van der Waals surface area contributed by atoms with Gasteiger partial charge in [-0.2, -0.15) is 0 Å². The number of imide groups is 1. The zero-order valence-corrected chi connectivity index (χ0v) is 8.91. The Morgan fingerprint density at radius 2 is 1.64 bits per heavy atom. The molecule has 0 aromatic rings. The fourth-order valence-corrected chi connectivity index (χ4v) is 0.943. The molecule has 2 amide bonds. The van der Waals surface area contributed by atoms with Crippen molar-refractivity contribution in [2.45, 2.75) is 39.3 Å². The molecule has 0 aliphatic carbocycles. The van der Waals surface area contributed by atoms with Gasteiger partial charge in [-0.3, -0.25) is 14.9 Å². The van der Waals surface area contributed by atoms with E-state index in [2.05, 4.69) is 5.32 Å². The van der Waals surface area contributed by atoms with Crippen molar-refractivity contribution in [3.8, 4) is 0 Å². The highest BCUT2D eigenvalue weighted by molar-refractivity contribution is 5.99. The maximum Gasteiger partial charge on any atom is 0.243 e. The normalized spacial score (nSPS) is 15.0. The number of carbonyl (C=O) groups excluding carboxylic acids is 2. The van der Waals surface area contributed by atoms with Crippen LogP contribution in [0.2, 0.25) is 0 Å². The SMILES string of the molecule is CC(C)CC(N)C(=O)NC(=O)C(C)N. The predicted molar refractivity (Wildman–Crippen MR) is 54.2 cm³/mol. The van der Waals surface area contributed by atoms with Gasteiger partial charge in [0.25, 0.3) is 0 Å². The number of carbonyl (C=O) groups is 2. The first-order valence-electron chi connectivity index (χ1n) is 4.70. The van der Waals surface area contributed by atoms with Gasteiger partial charge in [0.1, 0.15) is 0 Å². The van der Waals surface area contributed by atoms with E-state index >= 15 is 0 Å². The predicted octanol–water partition coefficient (Wildman–Crippen LogP) is -0.650. The number of nitrogens with two attached hydrogens (primary N) is 2. The van der Waals surface area contributed by atoms with Crippen molar-refractivity contribution in [1.29, 1.82) is 0 Å². The lowest BCUT2D eigenvalue weighted by molar-refractivity contribution is -0.131. The number of hydrogen-bond acceptors (Lipinski definition) is 4. The minimum Gasteiger partial charge on any atom is -0.320 e. The molecular weight excluding hydrogens is 182 g/mol. The molecule has 0 fully saturated rings. The van der Waals surface area contributed by atoms with Crippen LogP contribution in [0.5, 0.6) is 0 Å². The molecule has 0 aromatic carbocycles. The first-order chi connectivity index (χ1) is 6.34. The molecule has 0 aromatic heterocycles. The van der Waals surface area contributed by atoms with Gasteiger partial charge in [0.15, 0.2) is 0 Å². The molecule has 5 heteroatoms. The van der Waals surface area contributed by atoms with E-state index in [1.165, 1.54) is 6.92 Å². The van der Waals surface area contributed by atoms with Crippen molar-refractivity contribution < 1.29 is 9.59 Å². The summed E-state index contributed by atoms with van der Waals surface area (Å²) in [5.74, 6) is -0.628. The third-order valence-electron chi connectivity index (χ3n) is 1.72. The summed E-state index contributed by atoms with van der Waals surface area (Å²) >= 11 is 0. The Hall–Kier alpha value is -0.940. The van der Waals surface area contributed by atoms with Gasteiger partial charge in [-0.25, -0.2) is 0 Å². The van der Waals surface area contributed by atoms with E-state index in [1.807, 2.05) is 13.8 Å². The van der Waals surface area contributed by atoms with Crippen molar-refractivity contribution in [1.82, 2.24) is 5.32 Å². The summed E-state index contributed by atoms with van der Waals surface area (Å²) in [6.45, 7) is 5.43. The average Bonchev–Trinajstić information content (AvgIpc) is 2.02. The van der Waals surface area contributed by atoms with Gasteiger partial charge in [-0.15, -0.1) is 0 Å². The lowest BCUT2D eigenvalue weighted by Crippen LogP contribution is -2.48. The molecule has 0 spiro atoms. The molecule has 0 heterocycles. The topological polar surface area (TPSA) is 98.2 Å². The summed E-state index contributed by atoms with van der Waals surface area (Å²) in [6, 6.07) is -1.33. The Morgan fingerprint density at radius 3 is 2.00 bits per heavy atom. The van der Waals surface area contributed by atoms with Crippen LogP contribution in [-0.4, -0.2) is 23.9 Å².